The van der Waals surface area contributed by atoms with Gasteiger partial charge in [0.15, 0.2) is 5.71 Å². The second-order valence-electron chi connectivity index (χ2n) is 4.02. The van der Waals surface area contributed by atoms with Crippen molar-refractivity contribution in [2.45, 2.75) is 4.90 Å². The molecule has 0 aliphatic rings. The first-order valence-corrected chi connectivity index (χ1v) is 7.26. The fraction of sp³-hybridized carbons (Fsp3) is 0. The molecule has 2 aromatic carbocycles. The van der Waals surface area contributed by atoms with Crippen LogP contribution in [0.2, 0.25) is 0 Å². The second kappa shape index (κ2) is 6.07. The van der Waals surface area contributed by atoms with Crippen molar-refractivity contribution < 1.29 is 12.7 Å². The summed E-state index contributed by atoms with van der Waals surface area (Å²) in [7, 11) is -4.08. The first-order valence-electron chi connectivity index (χ1n) is 5.85. The van der Waals surface area contributed by atoms with E-state index >= 15 is 0 Å². The molecule has 0 saturated heterocycles. The van der Waals surface area contributed by atoms with Crippen molar-refractivity contribution in [3.8, 4) is 6.07 Å². The summed E-state index contributed by atoms with van der Waals surface area (Å²) in [5.74, 6) is 0. The summed E-state index contributed by atoms with van der Waals surface area (Å²) in [5, 5.41) is 12.4. The molecule has 6 nitrogen and oxygen atoms in total. The fourth-order valence-electron chi connectivity index (χ4n) is 1.50. The number of nitrogens with zero attached hydrogens (tertiary/aromatic N) is 2. The predicted octanol–water partition coefficient (Wildman–Crippen LogP) is 1.90. The number of hydrogen-bond donors (Lipinski definition) is 1. The Morgan fingerprint density at radius 1 is 1.10 bits per heavy atom. The monoisotopic (exact) mass is 301 g/mol. The molecular weight excluding hydrogens is 290 g/mol. The Balaban J connectivity index is 2.26. The number of hydrogen-bond acceptors (Lipinski definition) is 6. The standard InChI is InChI=1S/C14H11N3O3S/c15-10-14(11-4-2-1-3-5-11)17-20-21(18,19)13-8-6-12(16)7-9-13/h1-9H,16H2/b17-14+. The number of nitrogens with two attached hydrogens (primary N) is 1. The molecule has 0 aliphatic heterocycles. The van der Waals surface area contributed by atoms with Gasteiger partial charge in [0.05, 0.1) is 0 Å². The predicted molar refractivity (Wildman–Crippen MR) is 77.7 cm³/mol. The van der Waals surface area contributed by atoms with Gasteiger partial charge >= 0.3 is 10.1 Å². The van der Waals surface area contributed by atoms with Crippen molar-refractivity contribution in [2.24, 2.45) is 5.16 Å². The van der Waals surface area contributed by atoms with Crippen molar-refractivity contribution in [3.63, 3.8) is 0 Å². The Labute approximate surface area is 122 Å². The average Bonchev–Trinajstić information content (AvgIpc) is 2.49. The van der Waals surface area contributed by atoms with Crippen molar-refractivity contribution in [1.82, 2.24) is 0 Å². The van der Waals surface area contributed by atoms with Crippen molar-refractivity contribution in [1.29, 1.82) is 5.26 Å². The van der Waals surface area contributed by atoms with Gasteiger partial charge in [-0.2, -0.15) is 13.7 Å². The van der Waals surface area contributed by atoms with E-state index in [1.165, 1.54) is 24.3 Å². The summed E-state index contributed by atoms with van der Waals surface area (Å²) in [6.45, 7) is 0. The highest BCUT2D eigenvalue weighted by molar-refractivity contribution is 7.86. The molecule has 0 heterocycles. The molecule has 2 N–H and O–H groups in total. The largest absolute Gasteiger partial charge is 0.399 e. The van der Waals surface area contributed by atoms with Crippen LogP contribution in [0.25, 0.3) is 0 Å². The summed E-state index contributed by atoms with van der Waals surface area (Å²) in [6.07, 6.45) is 0. The van der Waals surface area contributed by atoms with Crippen LogP contribution in [0.4, 0.5) is 5.69 Å². The van der Waals surface area contributed by atoms with Gasteiger partial charge in [0.2, 0.25) is 0 Å². The maximum absolute atomic E-state index is 11.9. The first kappa shape index (κ1) is 14.6. The van der Waals surface area contributed by atoms with Crippen LogP contribution in [-0.2, 0) is 14.4 Å². The maximum atomic E-state index is 11.9. The zero-order valence-corrected chi connectivity index (χ0v) is 11.6. The zero-order chi connectivity index (χ0) is 15.3. The molecule has 0 saturated carbocycles. The Bertz CT molecular complexity index is 792. The molecule has 0 radical (unpaired) electrons. The summed E-state index contributed by atoms with van der Waals surface area (Å²) in [6, 6.07) is 15.7. The normalized spacial score (nSPS) is 11.7. The molecule has 7 heteroatoms. The lowest BCUT2D eigenvalue weighted by atomic mass is 10.1. The molecule has 2 rings (SSSR count). The Morgan fingerprint density at radius 2 is 1.71 bits per heavy atom. The van der Waals surface area contributed by atoms with Gasteiger partial charge in [-0.25, -0.2) is 0 Å². The minimum Gasteiger partial charge on any atom is -0.399 e. The zero-order valence-electron chi connectivity index (χ0n) is 10.8. The van der Waals surface area contributed by atoms with E-state index < -0.39 is 10.1 Å². The minimum absolute atomic E-state index is 0.0919. The van der Waals surface area contributed by atoms with Gasteiger partial charge < -0.3 is 5.73 Å². The van der Waals surface area contributed by atoms with Gasteiger partial charge in [0.25, 0.3) is 0 Å². The van der Waals surface area contributed by atoms with Crippen LogP contribution >= 0.6 is 0 Å². The van der Waals surface area contributed by atoms with E-state index in [0.717, 1.165) is 0 Å². The first-order chi connectivity index (χ1) is 10.0. The number of nitriles is 1. The van der Waals surface area contributed by atoms with E-state index in [-0.39, 0.29) is 10.6 Å². The van der Waals surface area contributed by atoms with E-state index in [1.54, 1.807) is 36.4 Å². The molecule has 21 heavy (non-hydrogen) atoms. The molecule has 0 spiro atoms. The van der Waals surface area contributed by atoms with E-state index in [2.05, 4.69) is 9.44 Å². The van der Waals surface area contributed by atoms with Gasteiger partial charge in [0.1, 0.15) is 11.0 Å². The number of nitrogen functional groups attached to an aromatic ring is 1. The summed E-state index contributed by atoms with van der Waals surface area (Å²) in [5.41, 5.74) is 6.25. The molecule has 0 unspecified atom stereocenters. The van der Waals surface area contributed by atoms with Gasteiger partial charge in [-0.1, -0.05) is 35.5 Å². The molecule has 0 aromatic heterocycles. The van der Waals surface area contributed by atoms with Crippen molar-refractivity contribution in [3.05, 3.63) is 60.2 Å². The highest BCUT2D eigenvalue weighted by atomic mass is 32.2. The van der Waals surface area contributed by atoms with E-state index in [4.69, 9.17) is 11.0 Å². The minimum atomic E-state index is -4.08. The SMILES string of the molecule is N#C/C(=N\OS(=O)(=O)c1ccc(N)cc1)c1ccccc1. The summed E-state index contributed by atoms with van der Waals surface area (Å²) >= 11 is 0. The van der Waals surface area contributed by atoms with Gasteiger partial charge in [0, 0.05) is 11.3 Å². The average molecular weight is 301 g/mol. The molecule has 0 atom stereocenters. The van der Waals surface area contributed by atoms with Crippen LogP contribution in [0.5, 0.6) is 0 Å². The lowest BCUT2D eigenvalue weighted by Gasteiger charge is -2.02. The lowest BCUT2D eigenvalue weighted by Crippen LogP contribution is -2.06. The van der Waals surface area contributed by atoms with E-state index in [1.807, 2.05) is 0 Å². The number of oxime groups is 1. The van der Waals surface area contributed by atoms with Crippen LogP contribution in [0.3, 0.4) is 0 Å². The molecular formula is C14H11N3O3S. The third-order valence-electron chi connectivity index (χ3n) is 2.55. The van der Waals surface area contributed by atoms with Gasteiger partial charge in [-0.15, -0.1) is 0 Å². The molecule has 0 bridgehead atoms. The molecule has 0 aliphatic carbocycles. The highest BCUT2D eigenvalue weighted by Gasteiger charge is 2.16. The van der Waals surface area contributed by atoms with Crippen molar-refractivity contribution in [2.75, 3.05) is 5.73 Å². The van der Waals surface area contributed by atoms with Gasteiger partial charge in [-0.05, 0) is 24.3 Å². The fourth-order valence-corrected chi connectivity index (χ4v) is 2.23. The summed E-state index contributed by atoms with van der Waals surface area (Å²) < 4.78 is 28.4. The highest BCUT2D eigenvalue weighted by Crippen LogP contribution is 2.15. The number of rotatable bonds is 4. The number of anilines is 1. The van der Waals surface area contributed by atoms with Crippen LogP contribution in [0.1, 0.15) is 5.56 Å². The Hall–Kier alpha value is -2.85. The lowest BCUT2D eigenvalue weighted by molar-refractivity contribution is 0.339. The third-order valence-corrected chi connectivity index (χ3v) is 3.67. The van der Waals surface area contributed by atoms with Crippen LogP contribution < -0.4 is 5.73 Å². The van der Waals surface area contributed by atoms with E-state index in [9.17, 15) is 8.42 Å². The van der Waals surface area contributed by atoms with Gasteiger partial charge in [-0.3, -0.25) is 4.28 Å². The Morgan fingerprint density at radius 3 is 2.29 bits per heavy atom. The number of benzene rings is 2. The van der Waals surface area contributed by atoms with Crippen LogP contribution in [-0.4, -0.2) is 14.1 Å². The van der Waals surface area contributed by atoms with Crippen LogP contribution in [0.15, 0.2) is 64.6 Å². The summed E-state index contributed by atoms with van der Waals surface area (Å²) in [4.78, 5) is -0.0919. The second-order valence-corrected chi connectivity index (χ2v) is 5.54. The molecule has 0 amide bonds. The van der Waals surface area contributed by atoms with E-state index in [0.29, 0.717) is 11.3 Å². The van der Waals surface area contributed by atoms with Crippen LogP contribution in [0, 0.1) is 11.3 Å². The quantitative estimate of drug-likeness (QED) is 0.527. The molecule has 2 aromatic rings. The Kier molecular flexibility index (Phi) is 4.21. The van der Waals surface area contributed by atoms with Crippen molar-refractivity contribution >= 4 is 21.5 Å². The molecule has 106 valence electrons. The maximum Gasteiger partial charge on any atom is 0.358 e. The molecule has 0 fully saturated rings. The smallest absolute Gasteiger partial charge is 0.358 e. The third kappa shape index (κ3) is 3.58. The topological polar surface area (TPSA) is 106 Å².